The van der Waals surface area contributed by atoms with Crippen LogP contribution >= 0.6 is 0 Å². The van der Waals surface area contributed by atoms with Crippen LogP contribution in [0.25, 0.3) is 0 Å². The summed E-state index contributed by atoms with van der Waals surface area (Å²) in [6.45, 7) is 6.47. The summed E-state index contributed by atoms with van der Waals surface area (Å²) in [6.07, 6.45) is 49.5. The average Bonchev–Trinajstić information content (AvgIpc) is 3.17. The smallest absolute Gasteiger partial charge is 0.306 e. The molecule has 0 bridgehead atoms. The summed E-state index contributed by atoms with van der Waals surface area (Å²) in [7, 11) is 0. The Bertz CT molecular complexity index is 964. The maximum absolute atomic E-state index is 12.7. The number of allylic oxidation sites excluding steroid dienone is 8. The highest BCUT2D eigenvalue weighted by atomic mass is 16.6. The van der Waals surface area contributed by atoms with Gasteiger partial charge in [0.1, 0.15) is 13.2 Å². The molecule has 0 amide bonds. The van der Waals surface area contributed by atoms with E-state index in [0.717, 1.165) is 83.5 Å². The fourth-order valence-corrected chi connectivity index (χ4v) is 6.10. The molecule has 0 spiro atoms. The second-order valence-electron chi connectivity index (χ2n) is 15.0. The molecule has 0 aliphatic carbocycles. The lowest BCUT2D eigenvalue weighted by Crippen LogP contribution is -2.30. The lowest BCUT2D eigenvalue weighted by molar-refractivity contribution is -0.167. The minimum atomic E-state index is -0.792. The number of rotatable bonds is 40. The van der Waals surface area contributed by atoms with Crippen LogP contribution in [0.5, 0.6) is 0 Å². The van der Waals surface area contributed by atoms with Crippen LogP contribution in [-0.2, 0) is 28.6 Å². The largest absolute Gasteiger partial charge is 0.462 e. The Kier molecular flexibility index (Phi) is 41.0. The van der Waals surface area contributed by atoms with Crippen LogP contribution in [0, 0.1) is 0 Å². The molecule has 0 rings (SSSR count). The topological polar surface area (TPSA) is 78.9 Å². The van der Waals surface area contributed by atoms with Crippen LogP contribution in [-0.4, -0.2) is 37.2 Å². The summed E-state index contributed by atoms with van der Waals surface area (Å²) in [5, 5.41) is 0. The van der Waals surface area contributed by atoms with Crippen LogP contribution in [0.2, 0.25) is 0 Å². The van der Waals surface area contributed by atoms with Crippen LogP contribution < -0.4 is 0 Å². The first kappa shape index (κ1) is 51.4. The number of unbranched alkanes of at least 4 members (excludes halogenated alkanes) is 23. The minimum absolute atomic E-state index is 0.0910. The van der Waals surface area contributed by atoms with Crippen LogP contribution in [0.4, 0.5) is 0 Å². The second-order valence-corrected chi connectivity index (χ2v) is 15.0. The number of carbonyl (C=O) groups is 3. The van der Waals surface area contributed by atoms with Gasteiger partial charge < -0.3 is 14.2 Å². The fourth-order valence-electron chi connectivity index (χ4n) is 6.10. The van der Waals surface area contributed by atoms with Gasteiger partial charge in [-0.1, -0.05) is 191 Å². The van der Waals surface area contributed by atoms with E-state index in [4.69, 9.17) is 14.2 Å². The SMILES string of the molecule is CCCC/C=C\C=C/CCCCCC(=O)OCC(COC(=O)CCCCCCCCCCCCCCCC)OC(=O)CCCCC/C=C\C=C/CCCC. The number of carbonyl (C=O) groups excluding carboxylic acids is 3. The molecule has 0 aromatic carbocycles. The molecule has 312 valence electrons. The third-order valence-corrected chi connectivity index (χ3v) is 9.61. The molecule has 1 unspecified atom stereocenters. The molecule has 0 aliphatic rings. The zero-order valence-corrected chi connectivity index (χ0v) is 35.5. The monoisotopic (exact) mass is 757 g/mol. The maximum atomic E-state index is 12.7. The zero-order valence-electron chi connectivity index (χ0n) is 35.5. The standard InChI is InChI=1S/C48H84O6/c1-4-7-10-13-16-19-22-23-24-27-29-32-35-38-41-47(50)53-44-45(54-48(51)42-39-36-33-30-26-21-18-15-12-9-6-3)43-52-46(49)40-37-34-31-28-25-20-17-14-11-8-5-2/h14-15,17-18,20-21,25-26,45H,4-13,16,19,22-24,27-44H2,1-3H3/b17-14-,18-15-,25-20-,26-21-. The van der Waals surface area contributed by atoms with Crippen molar-refractivity contribution in [1.82, 2.24) is 0 Å². The van der Waals surface area contributed by atoms with Crippen molar-refractivity contribution in [2.45, 2.75) is 226 Å². The zero-order chi connectivity index (χ0) is 39.4. The molecule has 1 atom stereocenters. The summed E-state index contributed by atoms with van der Waals surface area (Å²) in [4.78, 5) is 37.7. The van der Waals surface area contributed by atoms with E-state index in [-0.39, 0.29) is 31.1 Å². The highest BCUT2D eigenvalue weighted by molar-refractivity contribution is 5.71. The Morgan fingerprint density at radius 1 is 0.370 bits per heavy atom. The molecular formula is C48H84O6. The van der Waals surface area contributed by atoms with Crippen LogP contribution in [0.3, 0.4) is 0 Å². The Hall–Kier alpha value is -2.63. The molecule has 0 N–H and O–H groups in total. The Morgan fingerprint density at radius 2 is 0.667 bits per heavy atom. The third kappa shape index (κ3) is 40.6. The summed E-state index contributed by atoms with van der Waals surface area (Å²) < 4.78 is 16.6. The number of esters is 3. The first-order valence-electron chi connectivity index (χ1n) is 22.7. The lowest BCUT2D eigenvalue weighted by atomic mass is 10.0. The molecule has 0 aliphatic heterocycles. The van der Waals surface area contributed by atoms with Gasteiger partial charge in [-0.3, -0.25) is 14.4 Å². The maximum Gasteiger partial charge on any atom is 0.306 e. The predicted octanol–water partition coefficient (Wildman–Crippen LogP) is 14.4. The number of hydrogen-bond acceptors (Lipinski definition) is 6. The van der Waals surface area contributed by atoms with Gasteiger partial charge in [0.2, 0.25) is 0 Å². The molecule has 54 heavy (non-hydrogen) atoms. The first-order valence-corrected chi connectivity index (χ1v) is 22.7. The van der Waals surface area contributed by atoms with Crippen molar-refractivity contribution in [2.75, 3.05) is 13.2 Å². The highest BCUT2D eigenvalue weighted by Gasteiger charge is 2.19. The van der Waals surface area contributed by atoms with Gasteiger partial charge in [-0.15, -0.1) is 0 Å². The molecule has 0 radical (unpaired) electrons. The van der Waals surface area contributed by atoms with Crippen molar-refractivity contribution in [3.8, 4) is 0 Å². The Morgan fingerprint density at radius 3 is 1.04 bits per heavy atom. The van der Waals surface area contributed by atoms with Gasteiger partial charge in [0, 0.05) is 19.3 Å². The summed E-state index contributed by atoms with van der Waals surface area (Å²) in [5.41, 5.74) is 0. The van der Waals surface area contributed by atoms with Crippen LogP contribution in [0.15, 0.2) is 48.6 Å². The van der Waals surface area contributed by atoms with E-state index in [1.807, 2.05) is 0 Å². The molecular weight excluding hydrogens is 673 g/mol. The summed E-state index contributed by atoms with van der Waals surface area (Å²) >= 11 is 0. The molecule has 6 heteroatoms. The van der Waals surface area contributed by atoms with Crippen molar-refractivity contribution < 1.29 is 28.6 Å². The molecule has 0 fully saturated rings. The lowest BCUT2D eigenvalue weighted by Gasteiger charge is -2.18. The van der Waals surface area contributed by atoms with Gasteiger partial charge in [0.15, 0.2) is 6.10 Å². The van der Waals surface area contributed by atoms with Crippen molar-refractivity contribution in [2.24, 2.45) is 0 Å². The normalized spacial score (nSPS) is 12.4. The first-order chi connectivity index (χ1) is 26.5. The van der Waals surface area contributed by atoms with E-state index in [9.17, 15) is 14.4 Å². The number of hydrogen-bond donors (Lipinski definition) is 0. The molecule has 0 aromatic heterocycles. The minimum Gasteiger partial charge on any atom is -0.462 e. The van der Waals surface area contributed by atoms with Crippen molar-refractivity contribution in [1.29, 1.82) is 0 Å². The van der Waals surface area contributed by atoms with Crippen molar-refractivity contribution in [3.63, 3.8) is 0 Å². The van der Waals surface area contributed by atoms with Gasteiger partial charge in [-0.25, -0.2) is 0 Å². The highest BCUT2D eigenvalue weighted by Crippen LogP contribution is 2.14. The van der Waals surface area contributed by atoms with Gasteiger partial charge >= 0.3 is 17.9 Å². The van der Waals surface area contributed by atoms with Gasteiger partial charge in [-0.05, 0) is 57.8 Å². The summed E-state index contributed by atoms with van der Waals surface area (Å²) in [6, 6.07) is 0. The van der Waals surface area contributed by atoms with Crippen molar-refractivity contribution >= 4 is 17.9 Å². The Balaban J connectivity index is 4.42. The van der Waals surface area contributed by atoms with Gasteiger partial charge in [-0.2, -0.15) is 0 Å². The third-order valence-electron chi connectivity index (χ3n) is 9.61. The van der Waals surface area contributed by atoms with E-state index >= 15 is 0 Å². The fraction of sp³-hybridized carbons (Fsp3) is 0.771. The molecule has 0 saturated carbocycles. The molecule has 0 heterocycles. The number of ether oxygens (including phenoxy) is 3. The van der Waals surface area contributed by atoms with E-state index in [2.05, 4.69) is 69.4 Å². The van der Waals surface area contributed by atoms with E-state index < -0.39 is 6.10 Å². The predicted molar refractivity (Wildman–Crippen MR) is 229 cm³/mol. The van der Waals surface area contributed by atoms with Gasteiger partial charge in [0.25, 0.3) is 0 Å². The van der Waals surface area contributed by atoms with Crippen molar-refractivity contribution in [3.05, 3.63) is 48.6 Å². The molecule has 0 aromatic rings. The quantitative estimate of drug-likeness (QED) is 0.0268. The van der Waals surface area contributed by atoms with Crippen LogP contribution in [0.1, 0.15) is 220 Å². The van der Waals surface area contributed by atoms with E-state index in [1.165, 1.54) is 96.3 Å². The average molecular weight is 757 g/mol. The summed E-state index contributed by atoms with van der Waals surface area (Å²) in [5.74, 6) is -0.950. The molecule has 0 saturated heterocycles. The van der Waals surface area contributed by atoms with Gasteiger partial charge in [0.05, 0.1) is 0 Å². The van der Waals surface area contributed by atoms with E-state index in [1.54, 1.807) is 0 Å². The Labute approximate surface area is 333 Å². The second kappa shape index (κ2) is 43.1. The van der Waals surface area contributed by atoms with E-state index in [0.29, 0.717) is 19.3 Å². The molecule has 6 nitrogen and oxygen atoms in total.